The molecule has 0 unspecified atom stereocenters. The number of ether oxygens (including phenoxy) is 2. The van der Waals surface area contributed by atoms with E-state index >= 15 is 0 Å². The molecule has 1 amide bonds. The molecule has 0 saturated heterocycles. The number of methoxy groups -OCH3 is 1. The standard InChI is InChI=1S/C22H30N2O4S/c1-15(25)28-20-17(13-23(5)6)10-16(11-18(20)22(2,3)4)12-19-21(26)24(14-27-7)8-9-29-19/h8-12H,13-14H2,1-7H3/b19-12-. The molecule has 1 aliphatic heterocycles. The number of hydrogen-bond donors (Lipinski definition) is 0. The molecule has 2 rings (SSSR count). The summed E-state index contributed by atoms with van der Waals surface area (Å²) in [5, 5.41) is 1.87. The molecule has 0 aliphatic carbocycles. The van der Waals surface area contributed by atoms with Gasteiger partial charge in [-0.15, -0.1) is 0 Å². The predicted octanol–water partition coefficient (Wildman–Crippen LogP) is 3.96. The number of carbonyl (C=O) groups is 2. The third-order valence-electron chi connectivity index (χ3n) is 4.20. The molecule has 6 nitrogen and oxygen atoms in total. The Hall–Kier alpha value is -2.09. The van der Waals surface area contributed by atoms with E-state index in [1.54, 1.807) is 13.3 Å². The largest absolute Gasteiger partial charge is 0.426 e. The van der Waals surface area contributed by atoms with Gasteiger partial charge < -0.3 is 14.4 Å². The number of benzene rings is 1. The minimum Gasteiger partial charge on any atom is -0.426 e. The van der Waals surface area contributed by atoms with Gasteiger partial charge in [-0.2, -0.15) is 0 Å². The zero-order valence-corrected chi connectivity index (χ0v) is 19.1. The van der Waals surface area contributed by atoms with E-state index in [1.807, 2.05) is 42.6 Å². The molecular weight excluding hydrogens is 388 g/mol. The van der Waals surface area contributed by atoms with Crippen LogP contribution in [-0.4, -0.2) is 49.6 Å². The summed E-state index contributed by atoms with van der Waals surface area (Å²) >= 11 is 1.38. The van der Waals surface area contributed by atoms with Gasteiger partial charge in [0, 0.05) is 37.9 Å². The van der Waals surface area contributed by atoms with Crippen molar-refractivity contribution in [2.45, 2.75) is 39.7 Å². The van der Waals surface area contributed by atoms with Crippen molar-refractivity contribution in [3.8, 4) is 5.75 Å². The number of thioether (sulfide) groups is 1. The van der Waals surface area contributed by atoms with Gasteiger partial charge in [0.05, 0.1) is 4.91 Å². The molecule has 1 aliphatic rings. The van der Waals surface area contributed by atoms with Crippen LogP contribution in [0.15, 0.2) is 28.6 Å². The normalized spacial score (nSPS) is 16.1. The first kappa shape index (κ1) is 23.2. The maximum Gasteiger partial charge on any atom is 0.308 e. The Morgan fingerprint density at radius 2 is 1.97 bits per heavy atom. The second-order valence-electron chi connectivity index (χ2n) is 8.24. The number of hydrogen-bond acceptors (Lipinski definition) is 6. The quantitative estimate of drug-likeness (QED) is 0.396. The summed E-state index contributed by atoms with van der Waals surface area (Å²) in [6.45, 7) is 8.47. The lowest BCUT2D eigenvalue weighted by molar-refractivity contribution is -0.132. The highest BCUT2D eigenvalue weighted by molar-refractivity contribution is 8.06. The van der Waals surface area contributed by atoms with Crippen LogP contribution in [0.25, 0.3) is 6.08 Å². The fraction of sp³-hybridized carbons (Fsp3) is 0.455. The Bertz CT molecular complexity index is 838. The molecule has 158 valence electrons. The van der Waals surface area contributed by atoms with Crippen molar-refractivity contribution >= 4 is 29.7 Å². The topological polar surface area (TPSA) is 59.1 Å². The minimum absolute atomic E-state index is 0.102. The van der Waals surface area contributed by atoms with E-state index in [4.69, 9.17) is 9.47 Å². The highest BCUT2D eigenvalue weighted by Gasteiger charge is 2.25. The molecule has 1 aromatic rings. The first-order valence-electron chi connectivity index (χ1n) is 9.38. The molecule has 0 atom stereocenters. The fourth-order valence-corrected chi connectivity index (χ4v) is 3.78. The average molecular weight is 419 g/mol. The molecule has 0 N–H and O–H groups in total. The Morgan fingerprint density at radius 1 is 1.28 bits per heavy atom. The monoisotopic (exact) mass is 418 g/mol. The molecule has 29 heavy (non-hydrogen) atoms. The SMILES string of the molecule is COCN1C=CS/C(=C\c2cc(CN(C)C)c(OC(C)=O)c(C(C)(C)C)c2)C1=O. The van der Waals surface area contributed by atoms with E-state index < -0.39 is 0 Å². The van der Waals surface area contributed by atoms with Gasteiger partial charge in [-0.25, -0.2) is 0 Å². The average Bonchev–Trinajstić information content (AvgIpc) is 2.58. The van der Waals surface area contributed by atoms with E-state index in [0.29, 0.717) is 17.2 Å². The Labute approximate surface area is 177 Å². The molecule has 1 aromatic carbocycles. The van der Waals surface area contributed by atoms with Crippen LogP contribution in [0.3, 0.4) is 0 Å². The first-order valence-corrected chi connectivity index (χ1v) is 10.3. The lowest BCUT2D eigenvalue weighted by Crippen LogP contribution is -2.29. The molecule has 0 radical (unpaired) electrons. The van der Waals surface area contributed by atoms with Crippen LogP contribution in [0.4, 0.5) is 0 Å². The van der Waals surface area contributed by atoms with Gasteiger partial charge in [-0.05, 0) is 48.7 Å². The molecule has 0 bridgehead atoms. The highest BCUT2D eigenvalue weighted by Crippen LogP contribution is 2.37. The zero-order chi connectivity index (χ0) is 21.8. The number of nitrogens with zero attached hydrogens (tertiary/aromatic N) is 2. The summed E-state index contributed by atoms with van der Waals surface area (Å²) in [5.41, 5.74) is 2.48. The van der Waals surface area contributed by atoms with Crippen LogP contribution in [-0.2, 0) is 26.3 Å². The van der Waals surface area contributed by atoms with Gasteiger partial charge in [-0.1, -0.05) is 32.5 Å². The van der Waals surface area contributed by atoms with Crippen molar-refractivity contribution < 1.29 is 19.1 Å². The summed E-state index contributed by atoms with van der Waals surface area (Å²) in [6, 6.07) is 3.98. The lowest BCUT2D eigenvalue weighted by Gasteiger charge is -2.26. The van der Waals surface area contributed by atoms with Gasteiger partial charge in [0.2, 0.25) is 0 Å². The molecule has 1 heterocycles. The van der Waals surface area contributed by atoms with E-state index in [0.717, 1.165) is 16.7 Å². The minimum atomic E-state index is -0.347. The van der Waals surface area contributed by atoms with E-state index in [1.165, 1.54) is 23.6 Å². The number of amides is 1. The van der Waals surface area contributed by atoms with Gasteiger partial charge in [0.1, 0.15) is 12.5 Å². The maximum absolute atomic E-state index is 12.7. The van der Waals surface area contributed by atoms with E-state index in [2.05, 4.69) is 20.8 Å². The lowest BCUT2D eigenvalue weighted by atomic mass is 9.83. The van der Waals surface area contributed by atoms with Crippen LogP contribution in [0.2, 0.25) is 0 Å². The number of carbonyl (C=O) groups excluding carboxylic acids is 2. The highest BCUT2D eigenvalue weighted by atomic mass is 32.2. The maximum atomic E-state index is 12.7. The van der Waals surface area contributed by atoms with Crippen molar-refractivity contribution in [3.05, 3.63) is 45.3 Å². The predicted molar refractivity (Wildman–Crippen MR) is 117 cm³/mol. The smallest absolute Gasteiger partial charge is 0.308 e. The molecule has 0 fully saturated rings. The van der Waals surface area contributed by atoms with Crippen LogP contribution >= 0.6 is 11.8 Å². The number of rotatable bonds is 6. The number of esters is 1. The summed E-state index contributed by atoms with van der Waals surface area (Å²) in [4.78, 5) is 28.6. The zero-order valence-electron chi connectivity index (χ0n) is 18.2. The Morgan fingerprint density at radius 3 is 2.52 bits per heavy atom. The molecule has 0 aromatic heterocycles. The van der Waals surface area contributed by atoms with Crippen molar-refractivity contribution in [1.82, 2.24) is 9.80 Å². The second kappa shape index (κ2) is 9.61. The van der Waals surface area contributed by atoms with E-state index in [9.17, 15) is 9.59 Å². The summed E-state index contributed by atoms with van der Waals surface area (Å²) in [5.74, 6) is 0.152. The van der Waals surface area contributed by atoms with Crippen molar-refractivity contribution in [1.29, 1.82) is 0 Å². The fourth-order valence-electron chi connectivity index (χ4n) is 3.00. The van der Waals surface area contributed by atoms with Crippen LogP contribution in [0.1, 0.15) is 44.4 Å². The van der Waals surface area contributed by atoms with Gasteiger partial charge in [0.25, 0.3) is 5.91 Å². The van der Waals surface area contributed by atoms with Gasteiger partial charge in [0.15, 0.2) is 0 Å². The van der Waals surface area contributed by atoms with Crippen LogP contribution in [0, 0.1) is 0 Å². The first-order chi connectivity index (χ1) is 13.5. The molecular formula is C22H30N2O4S. The van der Waals surface area contributed by atoms with E-state index in [-0.39, 0.29) is 24.0 Å². The van der Waals surface area contributed by atoms with Gasteiger partial charge in [-0.3, -0.25) is 14.5 Å². The molecule has 0 saturated carbocycles. The summed E-state index contributed by atoms with van der Waals surface area (Å²) < 4.78 is 10.7. The third kappa shape index (κ3) is 6.19. The summed E-state index contributed by atoms with van der Waals surface area (Å²) in [7, 11) is 5.49. The second-order valence-corrected chi connectivity index (χ2v) is 9.19. The Kier molecular flexibility index (Phi) is 7.68. The summed E-state index contributed by atoms with van der Waals surface area (Å²) in [6.07, 6.45) is 3.60. The van der Waals surface area contributed by atoms with Crippen LogP contribution in [0.5, 0.6) is 5.75 Å². The van der Waals surface area contributed by atoms with Crippen molar-refractivity contribution in [3.63, 3.8) is 0 Å². The van der Waals surface area contributed by atoms with Crippen molar-refractivity contribution in [2.24, 2.45) is 0 Å². The van der Waals surface area contributed by atoms with Crippen molar-refractivity contribution in [2.75, 3.05) is 27.9 Å². The molecule has 0 spiro atoms. The molecule has 7 heteroatoms. The van der Waals surface area contributed by atoms with Crippen LogP contribution < -0.4 is 4.74 Å². The Balaban J connectivity index is 2.59. The van der Waals surface area contributed by atoms with Gasteiger partial charge >= 0.3 is 5.97 Å². The third-order valence-corrected chi connectivity index (χ3v) is 5.01.